The van der Waals surface area contributed by atoms with Crippen molar-refractivity contribution in [2.24, 2.45) is 11.1 Å². The Morgan fingerprint density at radius 3 is 1.73 bits per heavy atom. The van der Waals surface area contributed by atoms with Gasteiger partial charge in [-0.25, -0.2) is 0 Å². The molecule has 0 aliphatic heterocycles. The van der Waals surface area contributed by atoms with Crippen molar-refractivity contribution in [2.45, 2.75) is 44.6 Å². The van der Waals surface area contributed by atoms with Crippen molar-refractivity contribution in [1.82, 2.24) is 0 Å². The van der Waals surface area contributed by atoms with Gasteiger partial charge in [-0.2, -0.15) is 0 Å². The summed E-state index contributed by atoms with van der Waals surface area (Å²) in [6.07, 6.45) is 3.56. The van der Waals surface area contributed by atoms with Gasteiger partial charge in [-0.3, -0.25) is 0 Å². The zero-order valence-corrected chi connectivity index (χ0v) is 14.3. The fraction of sp³-hybridized carbons (Fsp3) is 0.400. The average molecular weight is 316 g/mol. The Hall–Kier alpha value is -1.31. The number of hydrogen-bond donors (Lipinski definition) is 1. The third-order valence-corrected chi connectivity index (χ3v) is 5.34. The van der Waals surface area contributed by atoms with Crippen LogP contribution in [-0.4, -0.2) is 6.04 Å². The fourth-order valence-electron chi connectivity index (χ4n) is 4.09. The summed E-state index contributed by atoms with van der Waals surface area (Å²) in [4.78, 5) is 0. The predicted molar refractivity (Wildman–Crippen MR) is 96.5 cm³/mol. The second-order valence-electron chi connectivity index (χ2n) is 7.02. The third kappa shape index (κ3) is 2.68. The van der Waals surface area contributed by atoms with E-state index >= 15 is 0 Å². The first-order valence-electron chi connectivity index (χ1n) is 7.94. The minimum absolute atomic E-state index is 0. The number of nitrogens with two attached hydrogens (primary N) is 1. The molecule has 0 amide bonds. The summed E-state index contributed by atoms with van der Waals surface area (Å²) in [7, 11) is 0. The SMILES string of the molecule is CC1(C)CCCC(c2ccccc2)(c2ccccc2)C1N.Cl. The van der Waals surface area contributed by atoms with Crippen LogP contribution in [0, 0.1) is 5.41 Å². The maximum Gasteiger partial charge on any atom is 0.0358 e. The highest BCUT2D eigenvalue weighted by atomic mass is 35.5. The molecule has 1 aliphatic rings. The lowest BCUT2D eigenvalue weighted by Gasteiger charge is -2.51. The highest BCUT2D eigenvalue weighted by Gasteiger charge is 2.49. The van der Waals surface area contributed by atoms with Crippen molar-refractivity contribution in [2.75, 3.05) is 0 Å². The van der Waals surface area contributed by atoms with Crippen molar-refractivity contribution >= 4 is 12.4 Å². The van der Waals surface area contributed by atoms with Gasteiger partial charge in [0.1, 0.15) is 0 Å². The Labute approximate surface area is 140 Å². The van der Waals surface area contributed by atoms with Crippen molar-refractivity contribution in [3.8, 4) is 0 Å². The van der Waals surface area contributed by atoms with Gasteiger partial charge in [0.15, 0.2) is 0 Å². The molecule has 0 heterocycles. The van der Waals surface area contributed by atoms with Crippen molar-refractivity contribution in [3.05, 3.63) is 71.8 Å². The zero-order chi connectivity index (χ0) is 14.9. The van der Waals surface area contributed by atoms with Crippen molar-refractivity contribution < 1.29 is 0 Å². The fourth-order valence-corrected chi connectivity index (χ4v) is 4.09. The van der Waals surface area contributed by atoms with Crippen molar-refractivity contribution in [1.29, 1.82) is 0 Å². The van der Waals surface area contributed by atoms with E-state index in [9.17, 15) is 0 Å². The van der Waals surface area contributed by atoms with Gasteiger partial charge in [0, 0.05) is 11.5 Å². The molecule has 22 heavy (non-hydrogen) atoms. The molecule has 1 saturated carbocycles. The standard InChI is InChI=1S/C20H25N.ClH/c1-19(2)14-9-15-20(18(19)21,16-10-5-3-6-11-16)17-12-7-4-8-13-17;/h3-8,10-13,18H,9,14-15,21H2,1-2H3;1H. The summed E-state index contributed by atoms with van der Waals surface area (Å²) in [5.41, 5.74) is 9.66. The Kier molecular flexibility index (Phi) is 4.99. The van der Waals surface area contributed by atoms with Gasteiger partial charge in [-0.05, 0) is 29.4 Å². The predicted octanol–water partition coefficient (Wildman–Crippen LogP) is 4.93. The van der Waals surface area contributed by atoms with Gasteiger partial charge in [-0.1, -0.05) is 80.9 Å². The first-order valence-corrected chi connectivity index (χ1v) is 7.94. The minimum Gasteiger partial charge on any atom is -0.326 e. The van der Waals surface area contributed by atoms with Crippen molar-refractivity contribution in [3.63, 3.8) is 0 Å². The van der Waals surface area contributed by atoms with Gasteiger partial charge in [0.2, 0.25) is 0 Å². The molecule has 0 radical (unpaired) electrons. The summed E-state index contributed by atoms with van der Waals surface area (Å²) < 4.78 is 0. The van der Waals surface area contributed by atoms with Crippen LogP contribution in [-0.2, 0) is 5.41 Å². The number of rotatable bonds is 2. The Morgan fingerprint density at radius 1 is 0.818 bits per heavy atom. The summed E-state index contributed by atoms with van der Waals surface area (Å²) in [6, 6.07) is 21.8. The molecule has 3 rings (SSSR count). The summed E-state index contributed by atoms with van der Waals surface area (Å²) in [5, 5.41) is 0. The Bertz CT molecular complexity index is 552. The number of halogens is 1. The van der Waals surface area contributed by atoms with E-state index in [0.717, 1.165) is 6.42 Å². The second kappa shape index (κ2) is 6.44. The van der Waals surface area contributed by atoms with Crippen LogP contribution in [0.25, 0.3) is 0 Å². The quantitative estimate of drug-likeness (QED) is 0.835. The summed E-state index contributed by atoms with van der Waals surface area (Å²) in [6.45, 7) is 4.63. The van der Waals surface area contributed by atoms with Crippen LogP contribution in [0.1, 0.15) is 44.2 Å². The summed E-state index contributed by atoms with van der Waals surface area (Å²) in [5.74, 6) is 0. The van der Waals surface area contributed by atoms with Gasteiger partial charge >= 0.3 is 0 Å². The van der Waals surface area contributed by atoms with Crippen LogP contribution in [0.15, 0.2) is 60.7 Å². The van der Waals surface area contributed by atoms with Gasteiger partial charge in [-0.15, -0.1) is 12.4 Å². The van der Waals surface area contributed by atoms with E-state index in [-0.39, 0.29) is 29.3 Å². The van der Waals surface area contributed by atoms with E-state index in [1.807, 2.05) is 0 Å². The van der Waals surface area contributed by atoms with E-state index in [2.05, 4.69) is 74.5 Å². The molecule has 0 bridgehead atoms. The lowest BCUT2D eigenvalue weighted by Crippen LogP contribution is -2.57. The highest BCUT2D eigenvalue weighted by molar-refractivity contribution is 5.85. The smallest absolute Gasteiger partial charge is 0.0358 e. The largest absolute Gasteiger partial charge is 0.326 e. The van der Waals surface area contributed by atoms with Crippen LogP contribution < -0.4 is 5.73 Å². The van der Waals surface area contributed by atoms with E-state index in [1.54, 1.807) is 0 Å². The van der Waals surface area contributed by atoms with Gasteiger partial charge in [0.25, 0.3) is 0 Å². The Balaban J connectivity index is 0.00000176. The van der Waals surface area contributed by atoms with Gasteiger partial charge in [0.05, 0.1) is 0 Å². The lowest BCUT2D eigenvalue weighted by molar-refractivity contribution is 0.132. The van der Waals surface area contributed by atoms with E-state index in [1.165, 1.54) is 24.0 Å². The topological polar surface area (TPSA) is 26.0 Å². The molecule has 0 saturated heterocycles. The number of hydrogen-bond acceptors (Lipinski definition) is 1. The molecule has 2 heteroatoms. The molecule has 0 spiro atoms. The minimum atomic E-state index is -0.0652. The molecular formula is C20H26ClN. The molecule has 1 nitrogen and oxygen atoms in total. The van der Waals surface area contributed by atoms with Crippen LogP contribution >= 0.6 is 12.4 Å². The lowest BCUT2D eigenvalue weighted by atomic mass is 9.55. The first-order chi connectivity index (χ1) is 10.1. The highest BCUT2D eigenvalue weighted by Crippen LogP contribution is 2.50. The summed E-state index contributed by atoms with van der Waals surface area (Å²) >= 11 is 0. The molecule has 1 aliphatic carbocycles. The average Bonchev–Trinajstić information content (AvgIpc) is 2.52. The molecule has 0 aromatic heterocycles. The zero-order valence-electron chi connectivity index (χ0n) is 13.5. The van der Waals surface area contributed by atoms with E-state index in [4.69, 9.17) is 5.73 Å². The normalized spacial score (nSPS) is 22.6. The van der Waals surface area contributed by atoms with Crippen LogP contribution in [0.3, 0.4) is 0 Å². The van der Waals surface area contributed by atoms with Crippen LogP contribution in [0.2, 0.25) is 0 Å². The second-order valence-corrected chi connectivity index (χ2v) is 7.02. The first kappa shape index (κ1) is 17.1. The third-order valence-electron chi connectivity index (χ3n) is 5.34. The molecule has 2 N–H and O–H groups in total. The molecule has 2 aromatic carbocycles. The maximum atomic E-state index is 6.86. The number of benzene rings is 2. The molecule has 118 valence electrons. The Morgan fingerprint density at radius 2 is 1.27 bits per heavy atom. The molecule has 1 unspecified atom stereocenters. The molecule has 2 aromatic rings. The van der Waals surface area contributed by atoms with Crippen LogP contribution in [0.5, 0.6) is 0 Å². The van der Waals surface area contributed by atoms with Gasteiger partial charge < -0.3 is 5.73 Å². The molecule has 1 atom stereocenters. The van der Waals surface area contributed by atoms with E-state index < -0.39 is 0 Å². The maximum absolute atomic E-state index is 6.86. The van der Waals surface area contributed by atoms with E-state index in [0.29, 0.717) is 0 Å². The monoisotopic (exact) mass is 315 g/mol. The molecule has 1 fully saturated rings. The van der Waals surface area contributed by atoms with Crippen LogP contribution in [0.4, 0.5) is 0 Å². The molecular weight excluding hydrogens is 290 g/mol.